The van der Waals surface area contributed by atoms with Crippen molar-refractivity contribution in [2.75, 3.05) is 0 Å². The molecule has 0 nitrogen and oxygen atoms in total. The van der Waals surface area contributed by atoms with Crippen molar-refractivity contribution in [2.45, 2.75) is 30.5 Å². The number of hydrogen-bond acceptors (Lipinski definition) is 0. The zero-order valence-corrected chi connectivity index (χ0v) is 9.69. The summed E-state index contributed by atoms with van der Waals surface area (Å²) in [4.78, 5) is -0.211. The van der Waals surface area contributed by atoms with E-state index in [2.05, 4.69) is 19.1 Å². The first-order valence-electron chi connectivity index (χ1n) is 4.87. The Balaban J connectivity index is 2.21. The van der Waals surface area contributed by atoms with E-state index in [0.717, 1.165) is 31.2 Å². The normalized spacial score (nSPS) is 10.9. The molecule has 0 atom stereocenters. The van der Waals surface area contributed by atoms with E-state index in [-0.39, 0.29) is 4.84 Å². The van der Waals surface area contributed by atoms with Crippen molar-refractivity contribution in [3.8, 4) is 0 Å². The second kappa shape index (κ2) is 6.31. The Kier molecular flexibility index (Phi) is 5.36. The van der Waals surface area contributed by atoms with Gasteiger partial charge >= 0.3 is 0 Å². The van der Waals surface area contributed by atoms with Crippen LogP contribution in [0.5, 0.6) is 0 Å². The second-order valence-electron chi connectivity index (χ2n) is 3.45. The predicted molar refractivity (Wildman–Crippen MR) is 64.0 cm³/mol. The fraction of sp³-hybridized carbons (Fsp3) is 0.417. The van der Waals surface area contributed by atoms with E-state index in [9.17, 15) is 0 Å². The van der Waals surface area contributed by atoms with Crippen molar-refractivity contribution < 1.29 is 0 Å². The molecule has 0 fully saturated rings. The molecule has 0 bridgehead atoms. The van der Waals surface area contributed by atoms with Gasteiger partial charge in [0.25, 0.3) is 0 Å². The monoisotopic (exact) mass is 229 g/mol. The van der Waals surface area contributed by atoms with Gasteiger partial charge in [-0.1, -0.05) is 30.7 Å². The zero-order valence-electron chi connectivity index (χ0n) is 8.18. The molecule has 2 heteroatoms. The van der Waals surface area contributed by atoms with Crippen LogP contribution in [-0.4, -0.2) is 4.84 Å². The van der Waals surface area contributed by atoms with Crippen molar-refractivity contribution in [2.24, 2.45) is 0 Å². The highest BCUT2D eigenvalue weighted by Gasteiger charge is 1.98. The van der Waals surface area contributed by atoms with Gasteiger partial charge in [-0.2, -0.15) is 0 Å². The molecule has 0 aromatic heterocycles. The Bertz CT molecular complexity index is 252. The van der Waals surface area contributed by atoms with E-state index in [1.165, 1.54) is 5.56 Å². The number of alkyl halides is 2. The van der Waals surface area contributed by atoms with Crippen molar-refractivity contribution in [3.63, 3.8) is 0 Å². The molecular formula is C12H15Cl2. The Hall–Kier alpha value is -0.200. The van der Waals surface area contributed by atoms with Crippen molar-refractivity contribution in [1.82, 2.24) is 0 Å². The summed E-state index contributed by atoms with van der Waals surface area (Å²) in [5.41, 5.74) is 2.42. The van der Waals surface area contributed by atoms with E-state index in [4.69, 9.17) is 23.2 Å². The Morgan fingerprint density at radius 3 is 2.29 bits per heavy atom. The number of unbranched alkanes of at least 4 members (excludes halogenated alkanes) is 1. The predicted octanol–water partition coefficient (Wildman–Crippen LogP) is 4.39. The highest BCUT2D eigenvalue weighted by Crippen LogP contribution is 2.13. The maximum Gasteiger partial charge on any atom is 0.107 e. The van der Waals surface area contributed by atoms with Gasteiger partial charge in [-0.15, -0.1) is 23.2 Å². The Morgan fingerprint density at radius 2 is 1.71 bits per heavy atom. The lowest BCUT2D eigenvalue weighted by Gasteiger charge is -2.02. The van der Waals surface area contributed by atoms with Crippen LogP contribution in [0.1, 0.15) is 30.4 Å². The van der Waals surface area contributed by atoms with Gasteiger partial charge in [0.2, 0.25) is 0 Å². The van der Waals surface area contributed by atoms with E-state index in [1.54, 1.807) is 0 Å². The summed E-state index contributed by atoms with van der Waals surface area (Å²) in [5, 5.41) is 0. The number of halogens is 2. The average molecular weight is 230 g/mol. The molecule has 14 heavy (non-hydrogen) atoms. The van der Waals surface area contributed by atoms with E-state index < -0.39 is 0 Å². The van der Waals surface area contributed by atoms with Crippen LogP contribution in [0.25, 0.3) is 0 Å². The highest BCUT2D eigenvalue weighted by molar-refractivity contribution is 6.44. The first-order valence-corrected chi connectivity index (χ1v) is 5.75. The molecule has 0 amide bonds. The van der Waals surface area contributed by atoms with Gasteiger partial charge in [-0.3, -0.25) is 0 Å². The van der Waals surface area contributed by atoms with Crippen LogP contribution in [0.15, 0.2) is 24.3 Å². The molecule has 0 heterocycles. The van der Waals surface area contributed by atoms with Crippen LogP contribution in [0.4, 0.5) is 0 Å². The summed E-state index contributed by atoms with van der Waals surface area (Å²) in [6, 6.07) is 8.34. The minimum atomic E-state index is -0.211. The summed E-state index contributed by atoms with van der Waals surface area (Å²) in [7, 11) is 0. The fourth-order valence-electron chi connectivity index (χ4n) is 1.33. The molecule has 0 aliphatic rings. The van der Waals surface area contributed by atoms with Gasteiger partial charge in [0, 0.05) is 0 Å². The molecule has 0 unspecified atom stereocenters. The van der Waals surface area contributed by atoms with Crippen LogP contribution in [0.3, 0.4) is 0 Å². The van der Waals surface area contributed by atoms with Gasteiger partial charge in [0.1, 0.15) is 4.84 Å². The zero-order chi connectivity index (χ0) is 10.4. The molecule has 0 N–H and O–H groups in total. The van der Waals surface area contributed by atoms with E-state index in [1.807, 2.05) is 12.1 Å². The largest absolute Gasteiger partial charge is 0.107 e. The van der Waals surface area contributed by atoms with Crippen molar-refractivity contribution in [3.05, 3.63) is 42.3 Å². The first kappa shape index (κ1) is 11.9. The molecule has 0 aliphatic heterocycles. The lowest BCUT2D eigenvalue weighted by molar-refractivity contribution is 0.707. The molecule has 0 aliphatic carbocycles. The smallest absolute Gasteiger partial charge is 0.105 e. The lowest BCUT2D eigenvalue weighted by Crippen LogP contribution is -1.90. The first-order chi connectivity index (χ1) is 6.68. The SMILES string of the molecule is [CH2]c1ccc(CCCCC(Cl)Cl)cc1. The molecule has 1 aromatic rings. The van der Waals surface area contributed by atoms with Crippen LogP contribution in [0, 0.1) is 6.92 Å². The maximum atomic E-state index is 5.64. The molecular weight excluding hydrogens is 215 g/mol. The Labute approximate surface area is 96.2 Å². The topological polar surface area (TPSA) is 0 Å². The van der Waals surface area contributed by atoms with Crippen molar-refractivity contribution >= 4 is 23.2 Å². The summed E-state index contributed by atoms with van der Waals surface area (Å²) >= 11 is 11.3. The molecule has 1 rings (SSSR count). The minimum Gasteiger partial charge on any atom is -0.105 e. The van der Waals surface area contributed by atoms with Gasteiger partial charge in [-0.25, -0.2) is 0 Å². The van der Waals surface area contributed by atoms with Crippen molar-refractivity contribution in [1.29, 1.82) is 0 Å². The maximum absolute atomic E-state index is 5.64. The third-order valence-electron chi connectivity index (χ3n) is 2.16. The summed E-state index contributed by atoms with van der Waals surface area (Å²) in [6.45, 7) is 3.85. The number of benzene rings is 1. The lowest BCUT2D eigenvalue weighted by atomic mass is 10.1. The molecule has 0 saturated heterocycles. The third kappa shape index (κ3) is 4.88. The molecule has 0 saturated carbocycles. The molecule has 1 radical (unpaired) electrons. The summed E-state index contributed by atoms with van der Waals surface area (Å²) in [6.07, 6.45) is 4.22. The standard InChI is InChI=1S/C12H15Cl2/c1-10-6-8-11(9-7-10)4-2-3-5-12(13)14/h6-9,12H,1-5H2. The highest BCUT2D eigenvalue weighted by atomic mass is 35.5. The molecule has 1 aromatic carbocycles. The van der Waals surface area contributed by atoms with E-state index in [0.29, 0.717) is 0 Å². The fourth-order valence-corrected chi connectivity index (χ4v) is 1.64. The van der Waals surface area contributed by atoms with Crippen LogP contribution < -0.4 is 0 Å². The molecule has 77 valence electrons. The summed E-state index contributed by atoms with van der Waals surface area (Å²) < 4.78 is 0. The van der Waals surface area contributed by atoms with Gasteiger partial charge < -0.3 is 0 Å². The number of rotatable bonds is 5. The van der Waals surface area contributed by atoms with Crippen LogP contribution in [0.2, 0.25) is 0 Å². The second-order valence-corrected chi connectivity index (χ2v) is 4.73. The molecule has 0 spiro atoms. The van der Waals surface area contributed by atoms with Gasteiger partial charge in [-0.05, 0) is 37.3 Å². The van der Waals surface area contributed by atoms with Crippen LogP contribution >= 0.6 is 23.2 Å². The Morgan fingerprint density at radius 1 is 1.07 bits per heavy atom. The number of hydrogen-bond donors (Lipinski definition) is 0. The minimum absolute atomic E-state index is 0.211. The third-order valence-corrected chi connectivity index (χ3v) is 2.60. The average Bonchev–Trinajstić information content (AvgIpc) is 2.15. The number of aryl methyl sites for hydroxylation is 1. The summed E-state index contributed by atoms with van der Waals surface area (Å²) in [5.74, 6) is 0. The quantitative estimate of drug-likeness (QED) is 0.520. The van der Waals surface area contributed by atoms with Gasteiger partial charge in [0.15, 0.2) is 0 Å². The van der Waals surface area contributed by atoms with Crippen LogP contribution in [-0.2, 0) is 6.42 Å². The van der Waals surface area contributed by atoms with Gasteiger partial charge in [0.05, 0.1) is 0 Å². The van der Waals surface area contributed by atoms with E-state index >= 15 is 0 Å².